The van der Waals surface area contributed by atoms with E-state index in [2.05, 4.69) is 10.00 Å². The topological polar surface area (TPSA) is 67.4 Å². The van der Waals surface area contributed by atoms with Crippen LogP contribution in [0.5, 0.6) is 0 Å². The van der Waals surface area contributed by atoms with Gasteiger partial charge in [0.25, 0.3) is 0 Å². The number of piperazine rings is 1. The fourth-order valence-corrected chi connectivity index (χ4v) is 3.59. The van der Waals surface area contributed by atoms with E-state index in [9.17, 15) is 4.79 Å². The third-order valence-corrected chi connectivity index (χ3v) is 4.44. The van der Waals surface area contributed by atoms with Crippen molar-refractivity contribution >= 4 is 28.9 Å². The van der Waals surface area contributed by atoms with Gasteiger partial charge in [-0.25, -0.2) is 0 Å². The van der Waals surface area contributed by atoms with E-state index in [4.69, 9.17) is 18.0 Å². The smallest absolute Gasteiger partial charge is 0.223 e. The summed E-state index contributed by atoms with van der Waals surface area (Å²) in [6.07, 6.45) is 1.61. The molecule has 2 N–H and O–H groups in total. The van der Waals surface area contributed by atoms with E-state index in [0.29, 0.717) is 17.5 Å². The molecule has 3 heterocycles. The van der Waals surface area contributed by atoms with Crippen molar-refractivity contribution in [1.82, 2.24) is 14.7 Å². The van der Waals surface area contributed by atoms with E-state index in [1.165, 1.54) is 0 Å². The Bertz CT molecular complexity index is 582. The summed E-state index contributed by atoms with van der Waals surface area (Å²) >= 11 is 5.17. The summed E-state index contributed by atoms with van der Waals surface area (Å²) < 4.78 is 1.84. The molecule has 2 saturated heterocycles. The lowest BCUT2D eigenvalue weighted by Crippen LogP contribution is -2.52. The van der Waals surface area contributed by atoms with Crippen LogP contribution in [0.15, 0.2) is 0 Å². The summed E-state index contributed by atoms with van der Waals surface area (Å²) in [6, 6.07) is 0.311. The summed E-state index contributed by atoms with van der Waals surface area (Å²) in [7, 11) is 1.91. The quantitative estimate of drug-likeness (QED) is 0.788. The van der Waals surface area contributed by atoms with Gasteiger partial charge >= 0.3 is 0 Å². The number of hydrogen-bond donors (Lipinski definition) is 1. The van der Waals surface area contributed by atoms with Crippen LogP contribution in [0.3, 0.4) is 0 Å². The predicted molar refractivity (Wildman–Crippen MR) is 80.8 cm³/mol. The third kappa shape index (κ3) is 1.96. The van der Waals surface area contributed by atoms with Crippen molar-refractivity contribution in [3.8, 4) is 0 Å². The van der Waals surface area contributed by atoms with E-state index in [-0.39, 0.29) is 5.91 Å². The van der Waals surface area contributed by atoms with Gasteiger partial charge in [-0.1, -0.05) is 12.2 Å². The molecular formula is C13H19N5OS. The van der Waals surface area contributed by atoms with Crippen LogP contribution in [0.25, 0.3) is 0 Å². The lowest BCUT2D eigenvalue weighted by atomic mass is 10.1. The van der Waals surface area contributed by atoms with Crippen LogP contribution in [-0.4, -0.2) is 51.3 Å². The zero-order valence-electron chi connectivity index (χ0n) is 11.8. The molecule has 108 valence electrons. The van der Waals surface area contributed by atoms with Gasteiger partial charge in [0, 0.05) is 39.1 Å². The number of fused-ring (bicyclic) bond motifs is 1. The average Bonchev–Trinajstić information content (AvgIpc) is 2.89. The number of nitrogens with zero attached hydrogens (tertiary/aromatic N) is 4. The molecule has 0 spiro atoms. The molecule has 0 aliphatic carbocycles. The van der Waals surface area contributed by atoms with Gasteiger partial charge < -0.3 is 15.5 Å². The van der Waals surface area contributed by atoms with Crippen LogP contribution >= 0.6 is 12.2 Å². The van der Waals surface area contributed by atoms with Crippen LogP contribution in [0.4, 0.5) is 5.82 Å². The lowest BCUT2D eigenvalue weighted by Gasteiger charge is -2.39. The molecule has 1 aromatic heterocycles. The zero-order chi connectivity index (χ0) is 14.4. The molecule has 7 heteroatoms. The second-order valence-electron chi connectivity index (χ2n) is 5.50. The van der Waals surface area contributed by atoms with Gasteiger partial charge in [-0.15, -0.1) is 0 Å². The van der Waals surface area contributed by atoms with E-state index in [1.54, 1.807) is 0 Å². The van der Waals surface area contributed by atoms with Gasteiger partial charge in [0.2, 0.25) is 5.91 Å². The Morgan fingerprint density at radius 2 is 2.20 bits per heavy atom. The molecule has 6 nitrogen and oxygen atoms in total. The van der Waals surface area contributed by atoms with E-state index in [0.717, 1.165) is 43.1 Å². The summed E-state index contributed by atoms with van der Waals surface area (Å²) in [5.74, 6) is 1.26. The average molecular weight is 293 g/mol. The molecule has 2 aliphatic heterocycles. The number of carbonyl (C=O) groups is 1. The zero-order valence-corrected chi connectivity index (χ0v) is 12.6. The Hall–Kier alpha value is -1.63. The second-order valence-corrected chi connectivity index (χ2v) is 5.94. The summed E-state index contributed by atoms with van der Waals surface area (Å²) in [6.45, 7) is 4.33. The van der Waals surface area contributed by atoms with Crippen molar-refractivity contribution in [3.63, 3.8) is 0 Å². The van der Waals surface area contributed by atoms with Gasteiger partial charge in [0.05, 0.1) is 11.3 Å². The monoisotopic (exact) mass is 293 g/mol. The Morgan fingerprint density at radius 1 is 1.45 bits per heavy atom. The predicted octanol–water partition coefficient (Wildman–Crippen LogP) is 0.174. The number of nitrogens with two attached hydrogens (primary N) is 1. The fraction of sp³-hybridized carbons (Fsp3) is 0.615. The van der Waals surface area contributed by atoms with Crippen LogP contribution in [0.1, 0.15) is 24.1 Å². The minimum atomic E-state index is 0.283. The Balaban J connectivity index is 1.91. The number of rotatable bonds is 2. The maximum atomic E-state index is 11.7. The van der Waals surface area contributed by atoms with Gasteiger partial charge in [-0.3, -0.25) is 9.48 Å². The van der Waals surface area contributed by atoms with Gasteiger partial charge in [0.15, 0.2) is 0 Å². The van der Waals surface area contributed by atoms with Crippen molar-refractivity contribution in [2.45, 2.75) is 25.8 Å². The molecular weight excluding hydrogens is 274 g/mol. The molecule has 1 atom stereocenters. The minimum Gasteiger partial charge on any atom is -0.389 e. The van der Waals surface area contributed by atoms with E-state index >= 15 is 0 Å². The number of hydrogen-bond acceptors (Lipinski definition) is 4. The van der Waals surface area contributed by atoms with Crippen molar-refractivity contribution in [3.05, 3.63) is 11.3 Å². The molecule has 0 bridgehead atoms. The van der Waals surface area contributed by atoms with Crippen LogP contribution in [0.2, 0.25) is 0 Å². The minimum absolute atomic E-state index is 0.283. The first-order chi connectivity index (χ1) is 9.49. The highest BCUT2D eigenvalue weighted by Crippen LogP contribution is 2.29. The fourth-order valence-electron chi connectivity index (χ4n) is 3.35. The van der Waals surface area contributed by atoms with Crippen molar-refractivity contribution < 1.29 is 4.79 Å². The Labute approximate surface area is 123 Å². The highest BCUT2D eigenvalue weighted by molar-refractivity contribution is 7.80. The summed E-state index contributed by atoms with van der Waals surface area (Å²) in [5, 5.41) is 4.43. The maximum absolute atomic E-state index is 11.7. The SMILES string of the molecule is Cc1nn(C)c(N2CCN3C(=O)CCC3C2)c1C(N)=S. The second kappa shape index (κ2) is 4.73. The number of aromatic nitrogens is 2. The standard InChI is InChI=1S/C13H19N5OS/c1-8-11(12(14)20)13(16(2)15-8)17-5-6-18-9(7-17)3-4-10(18)19/h9H,3-7H2,1-2H3,(H2,14,20). The molecule has 1 amide bonds. The molecule has 2 fully saturated rings. The summed E-state index contributed by atoms with van der Waals surface area (Å²) in [4.78, 5) is 16.4. The van der Waals surface area contributed by atoms with E-state index in [1.807, 2.05) is 23.6 Å². The molecule has 2 aliphatic rings. The lowest BCUT2D eigenvalue weighted by molar-refractivity contribution is -0.129. The number of amides is 1. The Morgan fingerprint density at radius 3 is 2.90 bits per heavy atom. The first kappa shape index (κ1) is 13.4. The normalized spacial score (nSPS) is 22.3. The molecule has 0 aromatic carbocycles. The summed E-state index contributed by atoms with van der Waals surface area (Å²) in [5.41, 5.74) is 7.57. The molecule has 1 aromatic rings. The van der Waals surface area contributed by atoms with Crippen LogP contribution < -0.4 is 10.6 Å². The van der Waals surface area contributed by atoms with E-state index < -0.39 is 0 Å². The highest BCUT2D eigenvalue weighted by Gasteiger charge is 2.37. The third-order valence-electron chi connectivity index (χ3n) is 4.23. The number of thiocarbonyl (C=S) groups is 1. The van der Waals surface area contributed by atoms with Crippen molar-refractivity contribution in [1.29, 1.82) is 0 Å². The number of carbonyl (C=O) groups excluding carboxylic acids is 1. The maximum Gasteiger partial charge on any atom is 0.223 e. The largest absolute Gasteiger partial charge is 0.389 e. The number of anilines is 1. The molecule has 1 unspecified atom stereocenters. The molecule has 20 heavy (non-hydrogen) atoms. The first-order valence-corrected chi connectivity index (χ1v) is 7.27. The van der Waals surface area contributed by atoms with Crippen LogP contribution in [0, 0.1) is 6.92 Å². The van der Waals surface area contributed by atoms with Gasteiger partial charge in [0.1, 0.15) is 10.8 Å². The highest BCUT2D eigenvalue weighted by atomic mass is 32.1. The van der Waals surface area contributed by atoms with Gasteiger partial charge in [-0.2, -0.15) is 5.10 Å². The van der Waals surface area contributed by atoms with Crippen molar-refractivity contribution in [2.75, 3.05) is 24.5 Å². The molecule has 0 saturated carbocycles. The molecule has 3 rings (SSSR count). The molecule has 0 radical (unpaired) electrons. The number of aryl methyl sites for hydroxylation is 2. The van der Waals surface area contributed by atoms with Crippen molar-refractivity contribution in [2.24, 2.45) is 12.8 Å². The first-order valence-electron chi connectivity index (χ1n) is 6.87. The van der Waals surface area contributed by atoms with Gasteiger partial charge in [-0.05, 0) is 13.3 Å². The Kier molecular flexibility index (Phi) is 3.16. The van der Waals surface area contributed by atoms with Crippen LogP contribution in [-0.2, 0) is 11.8 Å².